The van der Waals surface area contributed by atoms with Gasteiger partial charge in [0.1, 0.15) is 11.8 Å². The van der Waals surface area contributed by atoms with E-state index in [-0.39, 0.29) is 18.4 Å². The molecule has 1 aliphatic rings. The van der Waals surface area contributed by atoms with Crippen molar-refractivity contribution in [1.82, 2.24) is 9.55 Å². The van der Waals surface area contributed by atoms with Crippen molar-refractivity contribution in [2.45, 2.75) is 37.7 Å². The molecule has 10 heteroatoms. The number of nitro groups is 1. The van der Waals surface area contributed by atoms with Crippen molar-refractivity contribution >= 4 is 0 Å². The number of rotatable bonds is 5. The van der Waals surface area contributed by atoms with Crippen molar-refractivity contribution in [3.8, 4) is 0 Å². The summed E-state index contributed by atoms with van der Waals surface area (Å²) in [5.74, 6) is 0. The lowest BCUT2D eigenvalue weighted by atomic mass is 9.94. The Hall–Kier alpha value is -2.04. The zero-order chi connectivity index (χ0) is 16.5. The number of aromatic amines is 1. The first-order valence-corrected chi connectivity index (χ1v) is 6.69. The van der Waals surface area contributed by atoms with E-state index in [1.807, 2.05) is 0 Å². The maximum absolute atomic E-state index is 11.8. The summed E-state index contributed by atoms with van der Waals surface area (Å²) < 4.78 is 6.66. The Balaban J connectivity index is 2.29. The van der Waals surface area contributed by atoms with E-state index >= 15 is 0 Å². The Morgan fingerprint density at radius 1 is 1.59 bits per heavy atom. The Morgan fingerprint density at radius 2 is 2.27 bits per heavy atom. The standard InChI is InChI=1S/C12H17N3O7/c1-7-5-14(11(19)13-10(7)18)9-4-8(17)12(6-16,22-9)2-3-15(20)21/h5,8-9,16-17H,2-4,6H2,1H3,(H,13,18,19)/t8?,9-,12-/m1/s1. The van der Waals surface area contributed by atoms with Crippen LogP contribution >= 0.6 is 0 Å². The molecular formula is C12H17N3O7. The molecule has 0 saturated carbocycles. The topological polar surface area (TPSA) is 148 Å². The Kier molecular flexibility index (Phi) is 4.44. The molecule has 22 heavy (non-hydrogen) atoms. The van der Waals surface area contributed by atoms with Crippen molar-refractivity contribution in [2.75, 3.05) is 13.2 Å². The number of nitrogens with one attached hydrogen (secondary N) is 1. The third-order valence-electron chi connectivity index (χ3n) is 3.84. The highest BCUT2D eigenvalue weighted by Gasteiger charge is 2.49. The summed E-state index contributed by atoms with van der Waals surface area (Å²) in [6.07, 6.45) is -1.01. The van der Waals surface area contributed by atoms with Gasteiger partial charge >= 0.3 is 5.69 Å². The van der Waals surface area contributed by atoms with Crippen LogP contribution in [0.4, 0.5) is 0 Å². The quantitative estimate of drug-likeness (QED) is 0.443. The number of hydrogen-bond acceptors (Lipinski definition) is 7. The SMILES string of the molecule is Cc1cn([C@H]2CC(O)[C@](CO)(CC[N+](=O)[O-])O2)c(=O)[nH]c1=O. The minimum absolute atomic E-state index is 0.0241. The Morgan fingerprint density at radius 3 is 2.86 bits per heavy atom. The van der Waals surface area contributed by atoms with Crippen LogP contribution in [-0.4, -0.2) is 49.5 Å². The van der Waals surface area contributed by atoms with Crippen LogP contribution in [0.2, 0.25) is 0 Å². The van der Waals surface area contributed by atoms with Gasteiger partial charge in [-0.05, 0) is 6.92 Å². The van der Waals surface area contributed by atoms with Gasteiger partial charge in [0.15, 0.2) is 0 Å². The monoisotopic (exact) mass is 315 g/mol. The largest absolute Gasteiger partial charge is 0.393 e. The second-order valence-corrected chi connectivity index (χ2v) is 5.33. The molecule has 0 radical (unpaired) electrons. The minimum Gasteiger partial charge on any atom is -0.393 e. The summed E-state index contributed by atoms with van der Waals surface area (Å²) >= 11 is 0. The van der Waals surface area contributed by atoms with Crippen LogP contribution in [0.3, 0.4) is 0 Å². The van der Waals surface area contributed by atoms with Crippen LogP contribution in [0.5, 0.6) is 0 Å². The van der Waals surface area contributed by atoms with E-state index in [4.69, 9.17) is 4.74 Å². The molecule has 1 unspecified atom stereocenters. The van der Waals surface area contributed by atoms with Crippen molar-refractivity contribution in [3.05, 3.63) is 42.7 Å². The number of nitrogens with zero attached hydrogens (tertiary/aromatic N) is 2. The number of hydrogen-bond donors (Lipinski definition) is 3. The molecule has 0 amide bonds. The van der Waals surface area contributed by atoms with E-state index in [1.165, 1.54) is 13.1 Å². The van der Waals surface area contributed by atoms with Crippen LogP contribution in [-0.2, 0) is 4.74 Å². The van der Waals surface area contributed by atoms with Crippen molar-refractivity contribution in [3.63, 3.8) is 0 Å². The maximum Gasteiger partial charge on any atom is 0.330 e. The summed E-state index contributed by atoms with van der Waals surface area (Å²) in [7, 11) is 0. The first kappa shape index (κ1) is 16.3. The average molecular weight is 315 g/mol. The van der Waals surface area contributed by atoms with E-state index in [0.717, 1.165) is 4.57 Å². The van der Waals surface area contributed by atoms with Crippen molar-refractivity contribution < 1.29 is 19.9 Å². The van der Waals surface area contributed by atoms with Gasteiger partial charge in [0.05, 0.1) is 12.7 Å². The predicted octanol–water partition coefficient (Wildman–Crippen LogP) is -1.48. The molecule has 1 aromatic rings. The van der Waals surface area contributed by atoms with Gasteiger partial charge in [-0.1, -0.05) is 0 Å². The lowest BCUT2D eigenvalue weighted by Gasteiger charge is -2.28. The maximum atomic E-state index is 11.8. The lowest BCUT2D eigenvalue weighted by molar-refractivity contribution is -0.484. The molecule has 0 bridgehead atoms. The third kappa shape index (κ3) is 2.93. The number of ether oxygens (including phenoxy) is 1. The molecule has 10 nitrogen and oxygen atoms in total. The highest BCUT2D eigenvalue weighted by atomic mass is 16.6. The first-order chi connectivity index (χ1) is 10.3. The molecule has 0 spiro atoms. The number of aliphatic hydroxyl groups is 2. The fourth-order valence-corrected chi connectivity index (χ4v) is 2.50. The summed E-state index contributed by atoms with van der Waals surface area (Å²) in [4.78, 5) is 35.2. The van der Waals surface area contributed by atoms with Gasteiger partial charge in [0.2, 0.25) is 6.54 Å². The molecule has 3 N–H and O–H groups in total. The summed E-state index contributed by atoms with van der Waals surface area (Å²) in [5.41, 5.74) is -2.46. The van der Waals surface area contributed by atoms with Gasteiger partial charge in [-0.15, -0.1) is 0 Å². The van der Waals surface area contributed by atoms with E-state index in [0.29, 0.717) is 0 Å². The van der Waals surface area contributed by atoms with Gasteiger partial charge in [-0.3, -0.25) is 24.5 Å². The minimum atomic E-state index is -1.50. The summed E-state index contributed by atoms with van der Waals surface area (Å²) in [6.45, 7) is 0.408. The predicted molar refractivity (Wildman–Crippen MR) is 73.1 cm³/mol. The smallest absolute Gasteiger partial charge is 0.330 e. The molecule has 1 fully saturated rings. The van der Waals surface area contributed by atoms with Crippen molar-refractivity contribution in [1.29, 1.82) is 0 Å². The van der Waals surface area contributed by atoms with E-state index in [9.17, 15) is 29.9 Å². The highest BCUT2D eigenvalue weighted by Crippen LogP contribution is 2.38. The third-order valence-corrected chi connectivity index (χ3v) is 3.84. The van der Waals surface area contributed by atoms with E-state index < -0.39 is 47.3 Å². The fraction of sp³-hybridized carbons (Fsp3) is 0.667. The molecule has 0 aromatic carbocycles. The van der Waals surface area contributed by atoms with Crippen LogP contribution in [0, 0.1) is 17.0 Å². The Labute approximate surface area is 124 Å². The fourth-order valence-electron chi connectivity index (χ4n) is 2.50. The van der Waals surface area contributed by atoms with Gasteiger partial charge < -0.3 is 14.9 Å². The van der Waals surface area contributed by atoms with E-state index in [2.05, 4.69) is 4.98 Å². The molecule has 122 valence electrons. The first-order valence-electron chi connectivity index (χ1n) is 6.69. The van der Waals surface area contributed by atoms with Crippen molar-refractivity contribution in [2.24, 2.45) is 0 Å². The lowest BCUT2D eigenvalue weighted by Crippen LogP contribution is -2.44. The van der Waals surface area contributed by atoms with Crippen LogP contribution in [0.15, 0.2) is 15.8 Å². The van der Waals surface area contributed by atoms with Gasteiger partial charge in [0, 0.05) is 29.5 Å². The number of H-pyrrole nitrogens is 1. The second-order valence-electron chi connectivity index (χ2n) is 5.33. The van der Waals surface area contributed by atoms with Gasteiger partial charge in [-0.2, -0.15) is 0 Å². The van der Waals surface area contributed by atoms with Gasteiger partial charge in [0.25, 0.3) is 5.56 Å². The van der Waals surface area contributed by atoms with E-state index in [1.54, 1.807) is 0 Å². The van der Waals surface area contributed by atoms with Crippen LogP contribution in [0.1, 0.15) is 24.6 Å². The second kappa shape index (κ2) is 5.99. The number of aliphatic hydroxyl groups excluding tert-OH is 2. The van der Waals surface area contributed by atoms with Crippen LogP contribution in [0.25, 0.3) is 0 Å². The molecule has 2 rings (SSSR count). The zero-order valence-electron chi connectivity index (χ0n) is 11.9. The molecule has 0 aliphatic carbocycles. The molecule has 1 aliphatic heterocycles. The summed E-state index contributed by atoms with van der Waals surface area (Å²) in [5, 5.41) is 30.1. The molecule has 3 atom stereocenters. The normalized spacial score (nSPS) is 28.0. The zero-order valence-corrected chi connectivity index (χ0v) is 11.9. The molecule has 1 saturated heterocycles. The summed E-state index contributed by atoms with van der Waals surface area (Å²) in [6, 6.07) is 0. The Bertz CT molecular complexity index is 682. The highest BCUT2D eigenvalue weighted by molar-refractivity contribution is 5.03. The number of aromatic nitrogens is 2. The van der Waals surface area contributed by atoms with Gasteiger partial charge in [-0.25, -0.2) is 4.79 Å². The number of aryl methyl sites for hydroxylation is 1. The van der Waals surface area contributed by atoms with Crippen LogP contribution < -0.4 is 11.2 Å². The molecular weight excluding hydrogens is 298 g/mol. The molecule has 1 aromatic heterocycles. The molecule has 2 heterocycles. The average Bonchev–Trinajstić information content (AvgIpc) is 2.78.